The number of ether oxygens (including phenoxy) is 2. The van der Waals surface area contributed by atoms with E-state index in [4.69, 9.17) is 21.1 Å². The van der Waals surface area contributed by atoms with E-state index in [1.54, 1.807) is 6.92 Å². The summed E-state index contributed by atoms with van der Waals surface area (Å²) in [5, 5.41) is 10.7. The molecule has 0 unspecified atom stereocenters. The average Bonchev–Trinajstić information content (AvgIpc) is 2.40. The summed E-state index contributed by atoms with van der Waals surface area (Å²) in [5.41, 5.74) is -0.565. The van der Waals surface area contributed by atoms with E-state index < -0.39 is 16.4 Å². The normalized spacial score (nSPS) is 10.2. The highest BCUT2D eigenvalue weighted by Crippen LogP contribution is 2.31. The van der Waals surface area contributed by atoms with Crippen LogP contribution >= 0.6 is 11.6 Å². The van der Waals surface area contributed by atoms with Crippen molar-refractivity contribution in [3.05, 3.63) is 39.4 Å². The highest BCUT2D eigenvalue weighted by Gasteiger charge is 2.19. The van der Waals surface area contributed by atoms with E-state index in [-0.39, 0.29) is 29.7 Å². The number of hydrogen-bond acceptors (Lipinski definition) is 7. The van der Waals surface area contributed by atoms with E-state index in [1.807, 2.05) is 0 Å². The van der Waals surface area contributed by atoms with Gasteiger partial charge in [-0.05, 0) is 30.7 Å². The van der Waals surface area contributed by atoms with Gasteiger partial charge in [-0.1, -0.05) is 0 Å². The Morgan fingerprint density at radius 2 is 2.05 bits per heavy atom. The summed E-state index contributed by atoms with van der Waals surface area (Å²) >= 11 is 5.66. The minimum Gasteiger partial charge on any atom is -0.464 e. The van der Waals surface area contributed by atoms with Gasteiger partial charge in [-0.2, -0.15) is 9.97 Å². The zero-order chi connectivity index (χ0) is 15.4. The number of nitrogens with zero attached hydrogens (tertiary/aromatic N) is 4. The Labute approximate surface area is 122 Å². The fourth-order valence-electron chi connectivity index (χ4n) is 1.37. The van der Waals surface area contributed by atoms with E-state index in [9.17, 15) is 14.5 Å². The molecular weight excluding hydrogens is 307 g/mol. The van der Waals surface area contributed by atoms with Gasteiger partial charge in [0, 0.05) is 0 Å². The number of aromatic nitrogens is 3. The van der Waals surface area contributed by atoms with Crippen LogP contribution in [-0.4, -0.2) is 26.5 Å². The van der Waals surface area contributed by atoms with Crippen molar-refractivity contribution in [2.24, 2.45) is 0 Å². The van der Waals surface area contributed by atoms with E-state index in [0.29, 0.717) is 0 Å². The topological polar surface area (TPSA) is 100 Å². The van der Waals surface area contributed by atoms with E-state index in [0.717, 1.165) is 18.2 Å². The maximum atomic E-state index is 13.0. The number of nitro groups is 1. The second-order valence-corrected chi connectivity index (χ2v) is 3.91. The third-order valence-electron chi connectivity index (χ3n) is 2.16. The molecule has 1 aromatic heterocycles. The van der Waals surface area contributed by atoms with Crippen LogP contribution in [0.15, 0.2) is 18.2 Å². The van der Waals surface area contributed by atoms with Crippen molar-refractivity contribution in [2.75, 3.05) is 6.61 Å². The first-order valence-corrected chi connectivity index (χ1v) is 6.03. The van der Waals surface area contributed by atoms with E-state index >= 15 is 0 Å². The first-order valence-electron chi connectivity index (χ1n) is 5.65. The molecule has 0 aliphatic carbocycles. The Hall–Kier alpha value is -2.55. The lowest BCUT2D eigenvalue weighted by atomic mass is 10.3. The lowest BCUT2D eigenvalue weighted by Gasteiger charge is -2.06. The van der Waals surface area contributed by atoms with Gasteiger partial charge in [0.1, 0.15) is 5.82 Å². The molecule has 0 atom stereocenters. The third kappa shape index (κ3) is 3.72. The molecule has 0 saturated heterocycles. The summed E-state index contributed by atoms with van der Waals surface area (Å²) in [7, 11) is 0. The molecule has 110 valence electrons. The van der Waals surface area contributed by atoms with Crippen LogP contribution in [0.5, 0.6) is 17.8 Å². The fourth-order valence-corrected chi connectivity index (χ4v) is 1.52. The molecule has 1 aromatic carbocycles. The number of rotatable bonds is 5. The smallest absolute Gasteiger partial charge is 0.329 e. The Bertz CT molecular complexity index is 685. The zero-order valence-electron chi connectivity index (χ0n) is 10.6. The van der Waals surface area contributed by atoms with Gasteiger partial charge in [0.25, 0.3) is 0 Å². The summed E-state index contributed by atoms with van der Waals surface area (Å²) in [6, 6.07) is 2.44. The van der Waals surface area contributed by atoms with Gasteiger partial charge < -0.3 is 9.47 Å². The van der Waals surface area contributed by atoms with Gasteiger partial charge in [0.2, 0.25) is 11.0 Å². The van der Waals surface area contributed by atoms with Crippen LogP contribution < -0.4 is 9.47 Å². The largest absolute Gasteiger partial charge is 0.464 e. The summed E-state index contributed by atoms with van der Waals surface area (Å²) in [6.45, 7) is 2.00. The van der Waals surface area contributed by atoms with Crippen LogP contribution in [0.2, 0.25) is 5.28 Å². The van der Waals surface area contributed by atoms with Gasteiger partial charge in [-0.3, -0.25) is 10.1 Å². The molecule has 0 spiro atoms. The molecule has 0 saturated carbocycles. The van der Waals surface area contributed by atoms with Crippen molar-refractivity contribution < 1.29 is 18.8 Å². The molecule has 2 rings (SSSR count). The quantitative estimate of drug-likeness (QED) is 0.617. The second kappa shape index (κ2) is 6.27. The van der Waals surface area contributed by atoms with E-state index in [1.165, 1.54) is 0 Å². The summed E-state index contributed by atoms with van der Waals surface area (Å²) in [5.74, 6) is -0.996. The highest BCUT2D eigenvalue weighted by atomic mass is 35.5. The summed E-state index contributed by atoms with van der Waals surface area (Å²) < 4.78 is 23.2. The lowest BCUT2D eigenvalue weighted by molar-refractivity contribution is -0.385. The van der Waals surface area contributed by atoms with Crippen LogP contribution in [0, 0.1) is 15.9 Å². The molecule has 0 aliphatic rings. The third-order valence-corrected chi connectivity index (χ3v) is 2.33. The molecule has 0 amide bonds. The maximum absolute atomic E-state index is 13.0. The number of benzene rings is 1. The van der Waals surface area contributed by atoms with Crippen molar-refractivity contribution in [2.45, 2.75) is 6.92 Å². The average molecular weight is 315 g/mol. The Morgan fingerprint density at radius 1 is 1.33 bits per heavy atom. The van der Waals surface area contributed by atoms with Crippen LogP contribution in [0.3, 0.4) is 0 Å². The first kappa shape index (κ1) is 14.9. The first-order chi connectivity index (χ1) is 9.99. The van der Waals surface area contributed by atoms with Crippen molar-refractivity contribution in [1.29, 1.82) is 0 Å². The molecular formula is C11H8ClFN4O4. The SMILES string of the molecule is CCOc1nc(Cl)nc(Oc2ccc(F)cc2[N+](=O)[O-])n1. The molecule has 21 heavy (non-hydrogen) atoms. The lowest BCUT2D eigenvalue weighted by Crippen LogP contribution is -2.02. The minimum atomic E-state index is -0.787. The Morgan fingerprint density at radius 3 is 2.71 bits per heavy atom. The molecule has 1 heterocycles. The van der Waals surface area contributed by atoms with Crippen molar-refractivity contribution >= 4 is 17.3 Å². The van der Waals surface area contributed by atoms with Crippen LogP contribution in [0.25, 0.3) is 0 Å². The minimum absolute atomic E-state index is 0.0859. The van der Waals surface area contributed by atoms with E-state index in [2.05, 4.69) is 15.0 Å². The number of hydrogen-bond donors (Lipinski definition) is 0. The fraction of sp³-hybridized carbons (Fsp3) is 0.182. The molecule has 0 aliphatic heterocycles. The van der Waals surface area contributed by atoms with Crippen molar-refractivity contribution in [1.82, 2.24) is 15.0 Å². The Balaban J connectivity index is 2.36. The maximum Gasteiger partial charge on any atom is 0.329 e. The summed E-state index contributed by atoms with van der Waals surface area (Å²) in [4.78, 5) is 21.2. The standard InChI is InChI=1S/C11H8ClFN4O4/c1-2-20-10-14-9(12)15-11(16-10)21-8-4-3-6(13)5-7(8)17(18)19/h3-5H,2H2,1H3. The predicted molar refractivity (Wildman–Crippen MR) is 69.1 cm³/mol. The molecule has 2 aromatic rings. The zero-order valence-corrected chi connectivity index (χ0v) is 11.4. The molecule has 10 heteroatoms. The van der Waals surface area contributed by atoms with Crippen LogP contribution in [-0.2, 0) is 0 Å². The van der Waals surface area contributed by atoms with Gasteiger partial charge in [0.15, 0.2) is 0 Å². The Kier molecular flexibility index (Phi) is 4.43. The molecule has 0 fully saturated rings. The monoisotopic (exact) mass is 314 g/mol. The summed E-state index contributed by atoms with van der Waals surface area (Å²) in [6.07, 6.45) is 0. The molecule has 0 N–H and O–H groups in total. The van der Waals surface area contributed by atoms with Crippen LogP contribution in [0.1, 0.15) is 6.92 Å². The van der Waals surface area contributed by atoms with Gasteiger partial charge >= 0.3 is 17.7 Å². The van der Waals surface area contributed by atoms with Gasteiger partial charge in [0.05, 0.1) is 17.6 Å². The van der Waals surface area contributed by atoms with Crippen molar-refractivity contribution in [3.63, 3.8) is 0 Å². The highest BCUT2D eigenvalue weighted by molar-refractivity contribution is 6.28. The number of halogens is 2. The van der Waals surface area contributed by atoms with Crippen LogP contribution in [0.4, 0.5) is 10.1 Å². The van der Waals surface area contributed by atoms with Crippen molar-refractivity contribution in [3.8, 4) is 17.8 Å². The predicted octanol–water partition coefficient (Wildman–Crippen LogP) is 2.76. The second-order valence-electron chi connectivity index (χ2n) is 3.57. The molecule has 8 nitrogen and oxygen atoms in total. The molecule has 0 radical (unpaired) electrons. The molecule has 0 bridgehead atoms. The number of nitro benzene ring substituents is 1. The van der Waals surface area contributed by atoms with Gasteiger partial charge in [-0.15, -0.1) is 4.98 Å². The van der Waals surface area contributed by atoms with Gasteiger partial charge in [-0.25, -0.2) is 4.39 Å².